The molecule has 6 heteroatoms. The number of fused-ring (bicyclic) bond motifs is 1. The molecule has 3 aromatic rings. The Labute approximate surface area is 175 Å². The maximum Gasteiger partial charge on any atom is 0.255 e. The van der Waals surface area contributed by atoms with Gasteiger partial charge in [0.05, 0.1) is 12.2 Å². The zero-order valence-corrected chi connectivity index (χ0v) is 17.7. The first kappa shape index (κ1) is 19.5. The van der Waals surface area contributed by atoms with Crippen LogP contribution >= 0.6 is 11.8 Å². The second-order valence-corrected chi connectivity index (χ2v) is 8.24. The fourth-order valence-corrected chi connectivity index (χ4v) is 3.80. The topological polar surface area (TPSA) is 58.1 Å². The molecule has 5 nitrogen and oxygen atoms in total. The summed E-state index contributed by atoms with van der Waals surface area (Å²) in [5, 5.41) is 3.81. The second-order valence-electron chi connectivity index (χ2n) is 7.47. The highest BCUT2D eigenvalue weighted by Gasteiger charge is 2.22. The summed E-state index contributed by atoms with van der Waals surface area (Å²) in [6.45, 7) is 5.77. The van der Waals surface area contributed by atoms with Gasteiger partial charge >= 0.3 is 0 Å². The van der Waals surface area contributed by atoms with E-state index < -0.39 is 0 Å². The largest absolute Gasteiger partial charge is 0.361 e. The summed E-state index contributed by atoms with van der Waals surface area (Å²) in [4.78, 5) is 24.0. The van der Waals surface area contributed by atoms with Gasteiger partial charge < -0.3 is 10.2 Å². The molecule has 0 spiro atoms. The molecular formula is C23H24N4OS. The average molecular weight is 405 g/mol. The number of thioether (sulfide) groups is 1. The molecule has 1 amide bonds. The summed E-state index contributed by atoms with van der Waals surface area (Å²) < 4.78 is 0. The van der Waals surface area contributed by atoms with Crippen LogP contribution in [0.25, 0.3) is 0 Å². The predicted octanol–water partition coefficient (Wildman–Crippen LogP) is 5.09. The maximum absolute atomic E-state index is 12.8. The van der Waals surface area contributed by atoms with E-state index in [1.807, 2.05) is 54.9 Å². The van der Waals surface area contributed by atoms with Crippen molar-refractivity contribution in [2.75, 3.05) is 16.5 Å². The fourth-order valence-electron chi connectivity index (χ4n) is 3.44. The monoisotopic (exact) mass is 404 g/mol. The van der Waals surface area contributed by atoms with Crippen LogP contribution in [-0.4, -0.2) is 22.1 Å². The first-order chi connectivity index (χ1) is 14.0. The van der Waals surface area contributed by atoms with Crippen molar-refractivity contribution in [3.63, 3.8) is 0 Å². The molecule has 1 N–H and O–H groups in total. The number of nitrogens with one attached hydrogen (secondary N) is 1. The summed E-state index contributed by atoms with van der Waals surface area (Å²) in [7, 11) is 0. The van der Waals surface area contributed by atoms with Crippen molar-refractivity contribution >= 4 is 29.0 Å². The lowest BCUT2D eigenvalue weighted by molar-refractivity contribution is 0.102. The van der Waals surface area contributed by atoms with Crippen LogP contribution in [-0.2, 0) is 13.1 Å². The molecule has 0 saturated carbocycles. The molecule has 0 fully saturated rings. The fraction of sp³-hybridized carbons (Fsp3) is 0.261. The van der Waals surface area contributed by atoms with Gasteiger partial charge in [0.1, 0.15) is 0 Å². The molecule has 0 radical (unpaired) electrons. The Bertz CT molecular complexity index is 1050. The van der Waals surface area contributed by atoms with E-state index in [9.17, 15) is 4.79 Å². The zero-order valence-electron chi connectivity index (χ0n) is 16.8. The van der Waals surface area contributed by atoms with Crippen molar-refractivity contribution in [3.8, 4) is 0 Å². The average Bonchev–Trinajstić information content (AvgIpc) is 3.17. The molecule has 1 aliphatic rings. The smallest absolute Gasteiger partial charge is 0.255 e. The van der Waals surface area contributed by atoms with Crippen LogP contribution in [0.1, 0.15) is 46.9 Å². The normalized spacial score (nSPS) is 12.9. The van der Waals surface area contributed by atoms with Gasteiger partial charge in [-0.25, -0.2) is 9.97 Å². The molecule has 0 saturated heterocycles. The van der Waals surface area contributed by atoms with Crippen LogP contribution in [0.4, 0.5) is 11.4 Å². The van der Waals surface area contributed by atoms with Crippen LogP contribution in [0.3, 0.4) is 0 Å². The van der Waals surface area contributed by atoms with Crippen molar-refractivity contribution in [1.82, 2.24) is 9.97 Å². The highest BCUT2D eigenvalue weighted by atomic mass is 32.2. The number of hydrogen-bond donors (Lipinski definition) is 1. The van der Waals surface area contributed by atoms with Gasteiger partial charge in [0, 0.05) is 35.2 Å². The summed E-state index contributed by atoms with van der Waals surface area (Å²) in [5.41, 5.74) is 5.88. The molecule has 2 aromatic carbocycles. The van der Waals surface area contributed by atoms with Crippen molar-refractivity contribution < 1.29 is 4.79 Å². The number of amides is 1. The van der Waals surface area contributed by atoms with Gasteiger partial charge in [-0.3, -0.25) is 4.79 Å². The van der Waals surface area contributed by atoms with Gasteiger partial charge in [0.2, 0.25) is 0 Å². The van der Waals surface area contributed by atoms with Gasteiger partial charge in [-0.15, -0.1) is 0 Å². The number of carbonyl (C=O) groups excluding carboxylic acids is 1. The lowest BCUT2D eigenvalue weighted by Gasteiger charge is -2.18. The Kier molecular flexibility index (Phi) is 5.53. The third kappa shape index (κ3) is 4.27. The number of rotatable bonds is 5. The van der Waals surface area contributed by atoms with Crippen LogP contribution in [0.15, 0.2) is 59.9 Å². The summed E-state index contributed by atoms with van der Waals surface area (Å²) in [6, 6.07) is 15.8. The molecule has 0 atom stereocenters. The molecule has 1 aliphatic heterocycles. The first-order valence-corrected chi connectivity index (χ1v) is 10.9. The van der Waals surface area contributed by atoms with Gasteiger partial charge in [0.25, 0.3) is 5.91 Å². The van der Waals surface area contributed by atoms with E-state index in [1.54, 1.807) is 11.8 Å². The molecule has 2 heterocycles. The van der Waals surface area contributed by atoms with Gasteiger partial charge in [0.15, 0.2) is 5.16 Å². The molecule has 0 aliphatic carbocycles. The highest BCUT2D eigenvalue weighted by molar-refractivity contribution is 7.98. The van der Waals surface area contributed by atoms with Crippen molar-refractivity contribution in [2.45, 2.75) is 38.0 Å². The van der Waals surface area contributed by atoms with Crippen LogP contribution in [0.5, 0.6) is 0 Å². The standard InChI is InChI=1S/C23H24N4OS/c1-15(2)16-6-4-8-19(10-16)25-22(28)17-7-5-9-20(11-17)27-13-18-12-24-23(29-3)26-21(18)14-27/h4-12,15H,13-14H2,1-3H3,(H,25,28). The molecule has 29 heavy (non-hydrogen) atoms. The van der Waals surface area contributed by atoms with Crippen LogP contribution in [0.2, 0.25) is 0 Å². The Morgan fingerprint density at radius 2 is 1.97 bits per heavy atom. The molecule has 4 rings (SSSR count). The van der Waals surface area contributed by atoms with Gasteiger partial charge in [-0.1, -0.05) is 43.8 Å². The molecule has 148 valence electrons. The minimum atomic E-state index is -0.103. The number of anilines is 2. The number of hydrogen-bond acceptors (Lipinski definition) is 5. The summed E-state index contributed by atoms with van der Waals surface area (Å²) in [6.07, 6.45) is 3.89. The minimum Gasteiger partial charge on any atom is -0.361 e. The van der Waals surface area contributed by atoms with E-state index in [-0.39, 0.29) is 5.91 Å². The van der Waals surface area contributed by atoms with Gasteiger partial charge in [-0.05, 0) is 48.1 Å². The lowest BCUT2D eigenvalue weighted by atomic mass is 10.0. The summed E-state index contributed by atoms with van der Waals surface area (Å²) >= 11 is 1.55. The van der Waals surface area contributed by atoms with E-state index in [0.29, 0.717) is 11.5 Å². The lowest BCUT2D eigenvalue weighted by Crippen LogP contribution is -2.17. The molecular weight excluding hydrogens is 380 g/mol. The zero-order chi connectivity index (χ0) is 20.4. The Morgan fingerprint density at radius 1 is 1.14 bits per heavy atom. The molecule has 0 bridgehead atoms. The van der Waals surface area contributed by atoms with Crippen molar-refractivity contribution in [3.05, 3.63) is 77.1 Å². The Hall–Kier alpha value is -2.86. The predicted molar refractivity (Wildman–Crippen MR) is 119 cm³/mol. The van der Waals surface area contributed by atoms with E-state index in [1.165, 1.54) is 5.56 Å². The first-order valence-electron chi connectivity index (χ1n) is 9.68. The number of benzene rings is 2. The Balaban J connectivity index is 1.50. The van der Waals surface area contributed by atoms with Crippen molar-refractivity contribution in [1.29, 1.82) is 0 Å². The number of nitrogens with zero attached hydrogens (tertiary/aromatic N) is 3. The van der Waals surface area contributed by atoms with Crippen LogP contribution < -0.4 is 10.2 Å². The minimum absolute atomic E-state index is 0.103. The SMILES string of the molecule is CSc1ncc2c(n1)CN(c1cccc(C(=O)Nc3cccc(C(C)C)c3)c1)C2. The van der Waals surface area contributed by atoms with Gasteiger partial charge in [-0.2, -0.15) is 0 Å². The van der Waals surface area contributed by atoms with Crippen LogP contribution in [0, 0.1) is 0 Å². The van der Waals surface area contributed by atoms with E-state index >= 15 is 0 Å². The van der Waals surface area contributed by atoms with E-state index in [0.717, 1.165) is 40.9 Å². The molecule has 0 unspecified atom stereocenters. The second kappa shape index (κ2) is 8.25. The van der Waals surface area contributed by atoms with Crippen molar-refractivity contribution in [2.24, 2.45) is 0 Å². The molecule has 1 aromatic heterocycles. The quantitative estimate of drug-likeness (QED) is 0.474. The van der Waals surface area contributed by atoms with E-state index in [4.69, 9.17) is 0 Å². The Morgan fingerprint density at radius 3 is 2.76 bits per heavy atom. The summed E-state index contributed by atoms with van der Waals surface area (Å²) in [5.74, 6) is 0.315. The third-order valence-corrected chi connectivity index (χ3v) is 5.66. The highest BCUT2D eigenvalue weighted by Crippen LogP contribution is 2.28. The number of carbonyl (C=O) groups is 1. The maximum atomic E-state index is 12.8. The van der Waals surface area contributed by atoms with E-state index in [2.05, 4.69) is 40.1 Å². The number of aromatic nitrogens is 2. The third-order valence-electron chi connectivity index (χ3n) is 5.10.